The van der Waals surface area contributed by atoms with Gasteiger partial charge in [0, 0.05) is 30.9 Å². The van der Waals surface area contributed by atoms with Gasteiger partial charge >= 0.3 is 0 Å². The van der Waals surface area contributed by atoms with Gasteiger partial charge in [-0.1, -0.05) is 6.42 Å². The van der Waals surface area contributed by atoms with E-state index in [1.807, 2.05) is 0 Å². The molecule has 98 valence electrons. The molecule has 2 atom stereocenters. The van der Waals surface area contributed by atoms with E-state index >= 15 is 0 Å². The molecule has 2 unspecified atom stereocenters. The van der Waals surface area contributed by atoms with Gasteiger partial charge in [-0.3, -0.25) is 9.59 Å². The van der Waals surface area contributed by atoms with Gasteiger partial charge in [-0.2, -0.15) is 0 Å². The quantitative estimate of drug-likeness (QED) is 0.818. The fourth-order valence-corrected chi connectivity index (χ4v) is 2.90. The van der Waals surface area contributed by atoms with Gasteiger partial charge in [-0.15, -0.1) is 11.6 Å². The lowest BCUT2D eigenvalue weighted by molar-refractivity contribution is 0.0943. The van der Waals surface area contributed by atoms with Crippen LogP contribution in [0.3, 0.4) is 0 Å². The first-order valence-corrected chi connectivity index (χ1v) is 6.77. The zero-order chi connectivity index (χ0) is 13.0. The number of hydrogen-bond acceptors (Lipinski definition) is 2. The number of amides is 1. The SMILES string of the molecule is O=C(NCC1CCCC1CCl)c1c[nH]ccc1=O. The summed E-state index contributed by atoms with van der Waals surface area (Å²) in [5, 5.41) is 2.83. The summed E-state index contributed by atoms with van der Waals surface area (Å²) < 4.78 is 0. The molecule has 1 fully saturated rings. The number of carbonyl (C=O) groups excluding carboxylic acids is 1. The molecular weight excluding hydrogens is 252 g/mol. The molecule has 1 heterocycles. The van der Waals surface area contributed by atoms with Crippen molar-refractivity contribution in [3.8, 4) is 0 Å². The molecule has 0 spiro atoms. The molecule has 1 saturated carbocycles. The van der Waals surface area contributed by atoms with Gasteiger partial charge in [0.25, 0.3) is 5.91 Å². The van der Waals surface area contributed by atoms with E-state index in [2.05, 4.69) is 10.3 Å². The second-order valence-electron chi connectivity index (χ2n) is 4.74. The zero-order valence-corrected chi connectivity index (χ0v) is 10.9. The standard InChI is InChI=1S/C13H17ClN2O2/c14-6-9-2-1-3-10(9)7-16-13(18)11-8-15-5-4-12(11)17/h4-5,8-10H,1-3,6-7H2,(H,15,17)(H,16,18). The van der Waals surface area contributed by atoms with Crippen molar-refractivity contribution in [1.29, 1.82) is 0 Å². The van der Waals surface area contributed by atoms with Crippen molar-refractivity contribution in [1.82, 2.24) is 10.3 Å². The maximum absolute atomic E-state index is 11.9. The fourth-order valence-electron chi connectivity index (χ4n) is 2.50. The number of nitrogens with one attached hydrogen (secondary N) is 2. The Labute approximate surface area is 111 Å². The first-order chi connectivity index (χ1) is 8.72. The van der Waals surface area contributed by atoms with Crippen LogP contribution in [0.15, 0.2) is 23.3 Å². The Morgan fingerprint density at radius 3 is 2.94 bits per heavy atom. The van der Waals surface area contributed by atoms with E-state index in [0.717, 1.165) is 12.8 Å². The van der Waals surface area contributed by atoms with Gasteiger partial charge in [0.15, 0.2) is 5.43 Å². The molecule has 0 bridgehead atoms. The summed E-state index contributed by atoms with van der Waals surface area (Å²) in [7, 11) is 0. The maximum atomic E-state index is 11.9. The minimum Gasteiger partial charge on any atom is -0.367 e. The van der Waals surface area contributed by atoms with Crippen molar-refractivity contribution in [3.05, 3.63) is 34.2 Å². The highest BCUT2D eigenvalue weighted by Crippen LogP contribution is 2.31. The molecule has 1 aliphatic rings. The molecule has 1 aromatic heterocycles. The Hall–Kier alpha value is -1.29. The maximum Gasteiger partial charge on any atom is 0.256 e. The van der Waals surface area contributed by atoms with E-state index in [1.54, 1.807) is 0 Å². The first-order valence-electron chi connectivity index (χ1n) is 6.23. The molecule has 4 nitrogen and oxygen atoms in total. The van der Waals surface area contributed by atoms with Gasteiger partial charge < -0.3 is 10.3 Å². The van der Waals surface area contributed by atoms with Crippen LogP contribution in [-0.2, 0) is 0 Å². The fraction of sp³-hybridized carbons (Fsp3) is 0.538. The predicted octanol–water partition coefficient (Wildman–Crippen LogP) is 1.76. The van der Waals surface area contributed by atoms with Crippen LogP contribution in [-0.4, -0.2) is 23.3 Å². The van der Waals surface area contributed by atoms with Gasteiger partial charge in [0.1, 0.15) is 5.56 Å². The minimum absolute atomic E-state index is 0.165. The molecule has 1 amide bonds. The lowest BCUT2D eigenvalue weighted by atomic mass is 9.98. The van der Waals surface area contributed by atoms with E-state index in [9.17, 15) is 9.59 Å². The highest BCUT2D eigenvalue weighted by molar-refractivity contribution is 6.18. The number of pyridine rings is 1. The number of aromatic nitrogens is 1. The lowest BCUT2D eigenvalue weighted by Crippen LogP contribution is -2.33. The average Bonchev–Trinajstić information content (AvgIpc) is 2.84. The third kappa shape index (κ3) is 2.93. The Balaban J connectivity index is 1.93. The van der Waals surface area contributed by atoms with Crippen molar-refractivity contribution in [2.75, 3.05) is 12.4 Å². The lowest BCUT2D eigenvalue weighted by Gasteiger charge is -2.17. The van der Waals surface area contributed by atoms with Crippen LogP contribution >= 0.6 is 11.6 Å². The van der Waals surface area contributed by atoms with Gasteiger partial charge in [0.05, 0.1) is 0 Å². The molecule has 18 heavy (non-hydrogen) atoms. The van der Waals surface area contributed by atoms with Crippen LogP contribution in [0.2, 0.25) is 0 Å². The van der Waals surface area contributed by atoms with Gasteiger partial charge in [0.2, 0.25) is 0 Å². The summed E-state index contributed by atoms with van der Waals surface area (Å²) in [6, 6.07) is 1.35. The largest absolute Gasteiger partial charge is 0.367 e. The van der Waals surface area contributed by atoms with Crippen molar-refractivity contribution in [3.63, 3.8) is 0 Å². The Kier molecular flexibility index (Phi) is 4.42. The summed E-state index contributed by atoms with van der Waals surface area (Å²) in [6.07, 6.45) is 6.35. The first kappa shape index (κ1) is 13.1. The van der Waals surface area contributed by atoms with E-state index in [1.165, 1.54) is 24.9 Å². The highest BCUT2D eigenvalue weighted by Gasteiger charge is 2.26. The number of alkyl halides is 1. The number of rotatable bonds is 4. The molecule has 2 N–H and O–H groups in total. The van der Waals surface area contributed by atoms with E-state index < -0.39 is 0 Å². The average molecular weight is 269 g/mol. The normalized spacial score (nSPS) is 22.9. The van der Waals surface area contributed by atoms with E-state index in [-0.39, 0.29) is 16.9 Å². The third-order valence-corrected chi connectivity index (χ3v) is 4.00. The smallest absolute Gasteiger partial charge is 0.256 e. The molecule has 1 aromatic rings. The van der Waals surface area contributed by atoms with Crippen molar-refractivity contribution in [2.45, 2.75) is 19.3 Å². The Bertz CT molecular complexity index is 472. The van der Waals surface area contributed by atoms with Crippen LogP contribution in [0.1, 0.15) is 29.6 Å². The van der Waals surface area contributed by atoms with Crippen LogP contribution < -0.4 is 10.7 Å². The molecule has 5 heteroatoms. The van der Waals surface area contributed by atoms with E-state index in [4.69, 9.17) is 11.6 Å². The number of carbonyl (C=O) groups is 1. The molecule has 2 rings (SSSR count). The Morgan fingerprint density at radius 1 is 1.44 bits per heavy atom. The molecule has 0 radical (unpaired) electrons. The minimum atomic E-state index is -0.308. The molecular formula is C13H17ClN2O2. The number of hydrogen-bond donors (Lipinski definition) is 2. The number of H-pyrrole nitrogens is 1. The predicted molar refractivity (Wildman–Crippen MR) is 70.9 cm³/mol. The number of halogens is 1. The van der Waals surface area contributed by atoms with Crippen LogP contribution in [0.4, 0.5) is 0 Å². The summed E-state index contributed by atoms with van der Waals surface area (Å²) in [5.74, 6) is 1.26. The van der Waals surface area contributed by atoms with Crippen LogP contribution in [0, 0.1) is 11.8 Å². The van der Waals surface area contributed by atoms with Crippen molar-refractivity contribution in [2.24, 2.45) is 11.8 Å². The van der Waals surface area contributed by atoms with Gasteiger partial charge in [-0.05, 0) is 24.7 Å². The second-order valence-corrected chi connectivity index (χ2v) is 5.05. The molecule has 0 saturated heterocycles. The van der Waals surface area contributed by atoms with E-state index in [0.29, 0.717) is 24.3 Å². The van der Waals surface area contributed by atoms with Crippen molar-refractivity contribution < 1.29 is 4.79 Å². The molecule has 0 aromatic carbocycles. The third-order valence-electron chi connectivity index (χ3n) is 3.61. The second kappa shape index (κ2) is 6.05. The van der Waals surface area contributed by atoms with Crippen LogP contribution in [0.5, 0.6) is 0 Å². The Morgan fingerprint density at radius 2 is 2.22 bits per heavy atom. The topological polar surface area (TPSA) is 62.0 Å². The zero-order valence-electron chi connectivity index (χ0n) is 10.1. The number of aromatic amines is 1. The summed E-state index contributed by atoms with van der Waals surface area (Å²) in [6.45, 7) is 0.602. The molecule has 1 aliphatic carbocycles. The summed E-state index contributed by atoms with van der Waals surface area (Å²) in [4.78, 5) is 26.1. The monoisotopic (exact) mass is 268 g/mol. The van der Waals surface area contributed by atoms with Crippen LogP contribution in [0.25, 0.3) is 0 Å². The molecule has 0 aliphatic heterocycles. The van der Waals surface area contributed by atoms with Gasteiger partial charge in [-0.25, -0.2) is 0 Å². The van der Waals surface area contributed by atoms with Crippen molar-refractivity contribution >= 4 is 17.5 Å². The summed E-state index contributed by atoms with van der Waals surface area (Å²) in [5.41, 5.74) is -0.0931. The highest BCUT2D eigenvalue weighted by atomic mass is 35.5. The summed E-state index contributed by atoms with van der Waals surface area (Å²) >= 11 is 5.89.